The van der Waals surface area contributed by atoms with Gasteiger partial charge in [-0.2, -0.15) is 0 Å². The first-order chi connectivity index (χ1) is 61.5. The highest BCUT2D eigenvalue weighted by Crippen LogP contribution is 2.44. The maximum Gasteiger partial charge on any atom is 0.160 e. The molecule has 6 heterocycles. The molecule has 6 aromatic heterocycles. The standard InChI is InChI=1S/C59H39N3.C58H38N4/c1-4-15-40(16-5-1)47-37-54(42-17-6-2-7-18-42)60-55(38-47)46-20-14-19-43(35-46)41-27-31-49(32-28-41)61-57-26-13-11-24-51(57)53-36-44(30-34-58(53)61)45-29-33-52-50-23-10-12-25-56(50)62(59(52)39-45)48-21-8-3-9-22-48;1-4-15-40(16-5-1)52-38-53(41-17-6-2-7-18-41)60-58(59-52)45-20-14-19-42(35-45)39-27-31-47(32-28-39)61-55-26-13-11-24-49(55)51-36-43(30-34-56(51)61)44-29-33-50-48-23-10-12-25-54(48)62(57(50)37-44)46-21-8-3-9-22-46/h1-39H;1-38H. The van der Waals surface area contributed by atoms with Gasteiger partial charge in [0.15, 0.2) is 5.82 Å². The fourth-order valence-corrected chi connectivity index (χ4v) is 18.5. The highest BCUT2D eigenvalue weighted by Gasteiger charge is 2.22. The molecular weight excluding hydrogens is 1500 g/mol. The summed E-state index contributed by atoms with van der Waals surface area (Å²) in [7, 11) is 0. The molecule has 0 radical (unpaired) electrons. The number of benzene rings is 18. The third-order valence-electron chi connectivity index (χ3n) is 24.5. The van der Waals surface area contributed by atoms with Crippen molar-refractivity contribution in [1.29, 1.82) is 0 Å². The fraction of sp³-hybridized carbons (Fsp3) is 0. The molecule has 0 saturated heterocycles. The van der Waals surface area contributed by atoms with Gasteiger partial charge in [-0.1, -0.05) is 328 Å². The smallest absolute Gasteiger partial charge is 0.160 e. The van der Waals surface area contributed by atoms with Gasteiger partial charge in [0.2, 0.25) is 0 Å². The van der Waals surface area contributed by atoms with Crippen molar-refractivity contribution in [2.24, 2.45) is 0 Å². The van der Waals surface area contributed by atoms with Crippen LogP contribution in [0.25, 0.3) is 222 Å². The first kappa shape index (κ1) is 72.6. The highest BCUT2D eigenvalue weighted by atomic mass is 15.0. The largest absolute Gasteiger partial charge is 0.309 e. The molecule has 0 aliphatic heterocycles. The van der Waals surface area contributed by atoms with Crippen LogP contribution in [0.4, 0.5) is 0 Å². The van der Waals surface area contributed by atoms with E-state index < -0.39 is 0 Å². The summed E-state index contributed by atoms with van der Waals surface area (Å²) in [5, 5.41) is 9.96. The van der Waals surface area contributed by atoms with E-state index in [1.165, 1.54) is 115 Å². The Morgan fingerprint density at radius 1 is 0.121 bits per heavy atom. The Kier molecular flexibility index (Phi) is 18.1. The molecule has 0 saturated carbocycles. The molecule has 0 atom stereocenters. The summed E-state index contributed by atoms with van der Waals surface area (Å²) in [6.45, 7) is 0. The first-order valence-electron chi connectivity index (χ1n) is 42.3. The minimum atomic E-state index is 0.701. The molecule has 0 spiro atoms. The number of aromatic nitrogens is 7. The van der Waals surface area contributed by atoms with E-state index in [0.717, 1.165) is 101 Å². The molecule has 0 N–H and O–H groups in total. The van der Waals surface area contributed by atoms with Gasteiger partial charge in [0, 0.05) is 93.7 Å². The third-order valence-corrected chi connectivity index (χ3v) is 24.5. The summed E-state index contributed by atoms with van der Waals surface area (Å²) in [6, 6.07) is 167. The van der Waals surface area contributed by atoms with Crippen LogP contribution in [0.3, 0.4) is 0 Å². The summed E-state index contributed by atoms with van der Waals surface area (Å²) >= 11 is 0. The van der Waals surface area contributed by atoms with Crippen LogP contribution in [0.15, 0.2) is 467 Å². The zero-order chi connectivity index (χ0) is 82.0. The van der Waals surface area contributed by atoms with Crippen molar-refractivity contribution in [3.8, 4) is 135 Å². The van der Waals surface area contributed by atoms with Gasteiger partial charge in [0.1, 0.15) is 0 Å². The van der Waals surface area contributed by atoms with Crippen LogP contribution >= 0.6 is 0 Å². The summed E-state index contributed by atoms with van der Waals surface area (Å²) in [5.41, 5.74) is 34.8. The lowest BCUT2D eigenvalue weighted by Crippen LogP contribution is -1.96. The Bertz CT molecular complexity index is 7570. The van der Waals surface area contributed by atoms with E-state index in [9.17, 15) is 0 Å². The quantitative estimate of drug-likeness (QED) is 0.109. The molecule has 0 aliphatic rings. The first-order valence-corrected chi connectivity index (χ1v) is 42.3. The Balaban J connectivity index is 0.000000143. The molecule has 580 valence electrons. The highest BCUT2D eigenvalue weighted by molar-refractivity contribution is 6.15. The zero-order valence-electron chi connectivity index (χ0n) is 67.6. The molecule has 0 bridgehead atoms. The molecule has 0 aliphatic carbocycles. The summed E-state index contributed by atoms with van der Waals surface area (Å²) in [5.74, 6) is 0.701. The van der Waals surface area contributed by atoms with Gasteiger partial charge in [-0.25, -0.2) is 15.0 Å². The second kappa shape index (κ2) is 31.0. The van der Waals surface area contributed by atoms with Gasteiger partial charge in [-0.05, 0) is 195 Å². The predicted octanol–water partition coefficient (Wildman–Crippen LogP) is 30.6. The van der Waals surface area contributed by atoms with E-state index >= 15 is 0 Å². The number of hydrogen-bond acceptors (Lipinski definition) is 3. The molecule has 24 aromatic rings. The van der Waals surface area contributed by atoms with Crippen molar-refractivity contribution in [1.82, 2.24) is 33.2 Å². The number of para-hydroxylation sites is 6. The van der Waals surface area contributed by atoms with Gasteiger partial charge < -0.3 is 18.3 Å². The summed E-state index contributed by atoms with van der Waals surface area (Å²) in [4.78, 5) is 15.4. The number of fused-ring (bicyclic) bond motifs is 12. The molecule has 0 amide bonds. The Labute approximate surface area is 717 Å². The normalized spacial score (nSPS) is 11.5. The number of nitrogens with zero attached hydrogens (tertiary/aromatic N) is 7. The SMILES string of the molecule is c1ccc(-c2cc(-c3ccccc3)nc(-c3cccc(-c4ccc(-n5c6ccccc6c6cc(-c7ccc8c9ccccc9n(-c9ccccc9)c8c7)ccc65)cc4)c3)c2)cc1.c1ccc(-c2cc(-c3ccccc3)nc(-c3cccc(-c4ccc(-n5c6ccccc6c6cc(-c7ccc8c9ccccc9n(-c9ccccc9)c8c7)ccc65)cc4)c3)n2)cc1. The van der Waals surface area contributed by atoms with Crippen LogP contribution in [0.1, 0.15) is 0 Å². The van der Waals surface area contributed by atoms with Crippen molar-refractivity contribution in [3.63, 3.8) is 0 Å². The minimum absolute atomic E-state index is 0.701. The topological polar surface area (TPSA) is 58.4 Å². The molecule has 7 heteroatoms. The zero-order valence-corrected chi connectivity index (χ0v) is 67.6. The van der Waals surface area contributed by atoms with Crippen molar-refractivity contribution < 1.29 is 0 Å². The van der Waals surface area contributed by atoms with Gasteiger partial charge in [0.05, 0.1) is 66.9 Å². The Morgan fingerprint density at radius 2 is 0.379 bits per heavy atom. The van der Waals surface area contributed by atoms with Crippen molar-refractivity contribution in [2.45, 2.75) is 0 Å². The average Bonchev–Trinajstić information content (AvgIpc) is 1.59. The van der Waals surface area contributed by atoms with E-state index in [1.807, 2.05) is 42.5 Å². The van der Waals surface area contributed by atoms with E-state index in [1.54, 1.807) is 0 Å². The predicted molar refractivity (Wildman–Crippen MR) is 518 cm³/mol. The molecule has 18 aromatic carbocycles. The molecule has 7 nitrogen and oxygen atoms in total. The fourth-order valence-electron chi connectivity index (χ4n) is 18.5. The molecule has 24 rings (SSSR count). The second-order valence-corrected chi connectivity index (χ2v) is 31.8. The number of rotatable bonds is 14. The molecular formula is C117H77N7. The monoisotopic (exact) mass is 1580 g/mol. The second-order valence-electron chi connectivity index (χ2n) is 31.8. The maximum absolute atomic E-state index is 5.20. The van der Waals surface area contributed by atoms with Gasteiger partial charge >= 0.3 is 0 Å². The van der Waals surface area contributed by atoms with Crippen LogP contribution in [0.5, 0.6) is 0 Å². The lowest BCUT2D eigenvalue weighted by molar-refractivity contribution is 1.18. The number of hydrogen-bond donors (Lipinski definition) is 0. The lowest BCUT2D eigenvalue weighted by Gasteiger charge is -2.12. The van der Waals surface area contributed by atoms with Crippen LogP contribution in [-0.2, 0) is 0 Å². The van der Waals surface area contributed by atoms with E-state index in [0.29, 0.717) is 5.82 Å². The molecule has 124 heavy (non-hydrogen) atoms. The van der Waals surface area contributed by atoms with Crippen LogP contribution in [-0.4, -0.2) is 33.2 Å². The van der Waals surface area contributed by atoms with Gasteiger partial charge in [0.25, 0.3) is 0 Å². The van der Waals surface area contributed by atoms with Gasteiger partial charge in [-0.15, -0.1) is 0 Å². The van der Waals surface area contributed by atoms with Crippen LogP contribution in [0, 0.1) is 0 Å². The number of pyridine rings is 1. The van der Waals surface area contributed by atoms with E-state index in [2.05, 4.69) is 443 Å². The summed E-state index contributed by atoms with van der Waals surface area (Å²) in [6.07, 6.45) is 0. The van der Waals surface area contributed by atoms with E-state index in [4.69, 9.17) is 15.0 Å². The van der Waals surface area contributed by atoms with Crippen molar-refractivity contribution in [3.05, 3.63) is 467 Å². The van der Waals surface area contributed by atoms with Crippen molar-refractivity contribution >= 4 is 87.2 Å². The lowest BCUT2D eigenvalue weighted by atomic mass is 9.98. The van der Waals surface area contributed by atoms with Crippen molar-refractivity contribution in [2.75, 3.05) is 0 Å². The molecule has 0 unspecified atom stereocenters. The Hall–Kier alpha value is -16.6. The van der Waals surface area contributed by atoms with Crippen LogP contribution < -0.4 is 0 Å². The Morgan fingerprint density at radius 3 is 0.798 bits per heavy atom. The van der Waals surface area contributed by atoms with Gasteiger partial charge in [-0.3, -0.25) is 0 Å². The third kappa shape index (κ3) is 13.2. The minimum Gasteiger partial charge on any atom is -0.309 e. The summed E-state index contributed by atoms with van der Waals surface area (Å²) < 4.78 is 9.56. The molecule has 0 fully saturated rings. The van der Waals surface area contributed by atoms with E-state index in [-0.39, 0.29) is 0 Å². The van der Waals surface area contributed by atoms with Crippen LogP contribution in [0.2, 0.25) is 0 Å². The average molecular weight is 1580 g/mol. The maximum atomic E-state index is 5.20.